The zero-order valence-electron chi connectivity index (χ0n) is 13.2. The molecule has 2 fully saturated rings. The predicted molar refractivity (Wildman–Crippen MR) is 96.4 cm³/mol. The average Bonchev–Trinajstić information content (AvgIpc) is 3.22. The van der Waals surface area contributed by atoms with E-state index in [1.165, 1.54) is 5.56 Å². The summed E-state index contributed by atoms with van der Waals surface area (Å²) in [5.41, 5.74) is 2.24. The van der Waals surface area contributed by atoms with Crippen LogP contribution in [0.2, 0.25) is 0 Å². The van der Waals surface area contributed by atoms with Gasteiger partial charge < -0.3 is 9.80 Å². The molecule has 4 rings (SSSR count). The lowest BCUT2D eigenvalue weighted by atomic mass is 10.1. The van der Waals surface area contributed by atoms with Crippen molar-refractivity contribution >= 4 is 45.0 Å². The number of hydrogen-bond donors (Lipinski definition) is 0. The van der Waals surface area contributed by atoms with Crippen LogP contribution in [-0.2, 0) is 4.79 Å². The molecule has 1 atom stereocenters. The summed E-state index contributed by atoms with van der Waals surface area (Å²) in [5, 5.41) is 2.13. The number of carbonyl (C=O) groups excluding carboxylic acids is 1. The van der Waals surface area contributed by atoms with Crippen LogP contribution in [0.5, 0.6) is 0 Å². The van der Waals surface area contributed by atoms with Crippen molar-refractivity contribution in [3.05, 3.63) is 17.3 Å². The van der Waals surface area contributed by atoms with E-state index in [4.69, 9.17) is 0 Å². The van der Waals surface area contributed by atoms with Crippen LogP contribution < -0.4 is 4.90 Å². The van der Waals surface area contributed by atoms with Crippen molar-refractivity contribution in [1.82, 2.24) is 14.9 Å². The molecule has 0 aliphatic carbocycles. The Bertz CT molecular complexity index is 726. The van der Waals surface area contributed by atoms with Gasteiger partial charge in [-0.1, -0.05) is 0 Å². The van der Waals surface area contributed by atoms with Gasteiger partial charge in [0, 0.05) is 37.7 Å². The summed E-state index contributed by atoms with van der Waals surface area (Å²) < 4.78 is 1.15. The Hall–Kier alpha value is -1.34. The highest BCUT2D eigenvalue weighted by Gasteiger charge is 2.33. The summed E-state index contributed by atoms with van der Waals surface area (Å²) >= 11 is 3.64. The molecule has 0 bridgehead atoms. The Morgan fingerprint density at radius 2 is 2.09 bits per heavy atom. The Kier molecular flexibility index (Phi) is 4.15. The number of rotatable bonds is 2. The van der Waals surface area contributed by atoms with Crippen molar-refractivity contribution in [3.63, 3.8) is 0 Å². The third-order valence-electron chi connectivity index (χ3n) is 4.67. The quantitative estimate of drug-likeness (QED) is 0.834. The number of amides is 1. The van der Waals surface area contributed by atoms with Gasteiger partial charge in [0.15, 0.2) is 0 Å². The summed E-state index contributed by atoms with van der Waals surface area (Å²) in [5.74, 6) is 3.59. The molecular weight excluding hydrogens is 328 g/mol. The Morgan fingerprint density at radius 3 is 2.91 bits per heavy atom. The second-order valence-electron chi connectivity index (χ2n) is 6.16. The number of anilines is 1. The molecule has 5 nitrogen and oxygen atoms in total. The van der Waals surface area contributed by atoms with Gasteiger partial charge in [0.1, 0.15) is 12.1 Å². The summed E-state index contributed by atoms with van der Waals surface area (Å²) in [4.78, 5) is 25.9. The van der Waals surface area contributed by atoms with Crippen LogP contribution >= 0.6 is 23.1 Å². The van der Waals surface area contributed by atoms with Gasteiger partial charge in [0.05, 0.1) is 16.1 Å². The molecule has 0 saturated carbocycles. The molecule has 0 N–H and O–H groups in total. The van der Waals surface area contributed by atoms with Crippen molar-refractivity contribution < 1.29 is 4.79 Å². The first-order valence-corrected chi connectivity index (χ1v) is 10.1. The fourth-order valence-corrected chi connectivity index (χ4v) is 5.30. The maximum Gasteiger partial charge on any atom is 0.227 e. The van der Waals surface area contributed by atoms with Gasteiger partial charge >= 0.3 is 0 Å². The van der Waals surface area contributed by atoms with E-state index in [1.807, 2.05) is 11.8 Å². The number of aryl methyl sites for hydroxylation is 1. The number of fused-ring (bicyclic) bond motifs is 1. The lowest BCUT2D eigenvalue weighted by Gasteiger charge is -2.29. The summed E-state index contributed by atoms with van der Waals surface area (Å²) in [7, 11) is 0. The number of aromatic nitrogens is 2. The van der Waals surface area contributed by atoms with Gasteiger partial charge in [-0.2, -0.15) is 11.8 Å². The van der Waals surface area contributed by atoms with Crippen LogP contribution in [0.3, 0.4) is 0 Å². The van der Waals surface area contributed by atoms with Crippen molar-refractivity contribution in [1.29, 1.82) is 0 Å². The number of hydrogen-bond acceptors (Lipinski definition) is 6. The monoisotopic (exact) mass is 348 g/mol. The first-order valence-electron chi connectivity index (χ1n) is 8.04. The van der Waals surface area contributed by atoms with Crippen molar-refractivity contribution in [2.75, 3.05) is 42.6 Å². The van der Waals surface area contributed by atoms with E-state index < -0.39 is 0 Å². The molecule has 2 aliphatic rings. The molecule has 2 saturated heterocycles. The number of thioether (sulfide) groups is 1. The largest absolute Gasteiger partial charge is 0.355 e. The molecule has 2 aromatic rings. The summed E-state index contributed by atoms with van der Waals surface area (Å²) in [6, 6.07) is 0. The highest BCUT2D eigenvalue weighted by Crippen LogP contribution is 2.33. The fourth-order valence-electron chi connectivity index (χ4n) is 3.38. The topological polar surface area (TPSA) is 49.3 Å². The van der Waals surface area contributed by atoms with E-state index in [0.717, 1.165) is 60.1 Å². The first kappa shape index (κ1) is 15.2. The molecule has 1 amide bonds. The zero-order chi connectivity index (χ0) is 15.8. The van der Waals surface area contributed by atoms with E-state index in [2.05, 4.69) is 32.1 Å². The second-order valence-corrected chi connectivity index (χ2v) is 8.27. The van der Waals surface area contributed by atoms with E-state index >= 15 is 0 Å². The normalized spacial score (nSPS) is 22.0. The van der Waals surface area contributed by atoms with Crippen LogP contribution in [0.15, 0.2) is 11.7 Å². The van der Waals surface area contributed by atoms with Crippen molar-refractivity contribution in [2.24, 2.45) is 5.92 Å². The third-order valence-corrected chi connectivity index (χ3v) is 6.70. The Balaban J connectivity index is 1.52. The maximum absolute atomic E-state index is 12.7. The molecule has 0 spiro atoms. The van der Waals surface area contributed by atoms with Gasteiger partial charge in [-0.25, -0.2) is 9.97 Å². The van der Waals surface area contributed by atoms with Gasteiger partial charge in [-0.05, 0) is 24.3 Å². The van der Waals surface area contributed by atoms with Crippen LogP contribution in [0.1, 0.15) is 12.0 Å². The summed E-state index contributed by atoms with van der Waals surface area (Å²) in [6.45, 7) is 5.58. The van der Waals surface area contributed by atoms with Gasteiger partial charge in [0.2, 0.25) is 5.91 Å². The van der Waals surface area contributed by atoms with E-state index in [-0.39, 0.29) is 5.92 Å². The molecule has 7 heteroatoms. The van der Waals surface area contributed by atoms with Crippen LogP contribution in [-0.4, -0.2) is 58.5 Å². The number of thiophene rings is 1. The molecule has 122 valence electrons. The smallest absolute Gasteiger partial charge is 0.227 e. The van der Waals surface area contributed by atoms with Gasteiger partial charge in [-0.3, -0.25) is 4.79 Å². The summed E-state index contributed by atoms with van der Waals surface area (Å²) in [6.07, 6.45) is 2.58. The molecule has 4 heterocycles. The maximum atomic E-state index is 12.7. The van der Waals surface area contributed by atoms with Gasteiger partial charge in [-0.15, -0.1) is 11.3 Å². The zero-order valence-corrected chi connectivity index (χ0v) is 14.8. The number of nitrogens with zero attached hydrogens (tertiary/aromatic N) is 4. The minimum atomic E-state index is 0.115. The molecule has 23 heavy (non-hydrogen) atoms. The van der Waals surface area contributed by atoms with E-state index in [9.17, 15) is 4.79 Å². The second kappa shape index (κ2) is 6.28. The molecule has 0 radical (unpaired) electrons. The lowest BCUT2D eigenvalue weighted by molar-refractivity contribution is -0.134. The van der Waals surface area contributed by atoms with Crippen LogP contribution in [0, 0.1) is 12.8 Å². The predicted octanol–water partition coefficient (Wildman–Crippen LogP) is 2.40. The standard InChI is InChI=1S/C16H20N4OS2/c1-11-9-23-14-13(11)17-10-18-15(14)20-3-2-12(8-20)16(21)19-4-6-22-7-5-19/h9-10,12H,2-8H2,1H3. The van der Waals surface area contributed by atoms with E-state index in [0.29, 0.717) is 5.91 Å². The first-order chi connectivity index (χ1) is 11.2. The average molecular weight is 348 g/mol. The lowest BCUT2D eigenvalue weighted by Crippen LogP contribution is -2.42. The Labute approximate surface area is 144 Å². The molecular formula is C16H20N4OS2. The molecule has 0 aromatic carbocycles. The molecule has 2 aromatic heterocycles. The minimum Gasteiger partial charge on any atom is -0.355 e. The highest BCUT2D eigenvalue weighted by atomic mass is 32.2. The van der Waals surface area contributed by atoms with E-state index in [1.54, 1.807) is 17.7 Å². The third kappa shape index (κ3) is 2.80. The number of carbonyl (C=O) groups is 1. The van der Waals surface area contributed by atoms with Gasteiger partial charge in [0.25, 0.3) is 0 Å². The molecule has 2 aliphatic heterocycles. The molecule has 1 unspecified atom stereocenters. The van der Waals surface area contributed by atoms with Crippen LogP contribution in [0.25, 0.3) is 10.2 Å². The van der Waals surface area contributed by atoms with Crippen molar-refractivity contribution in [2.45, 2.75) is 13.3 Å². The SMILES string of the molecule is Cc1csc2c(N3CCC(C(=O)N4CCSCC4)C3)ncnc12. The Morgan fingerprint density at radius 1 is 1.26 bits per heavy atom. The van der Waals surface area contributed by atoms with Crippen LogP contribution in [0.4, 0.5) is 5.82 Å². The highest BCUT2D eigenvalue weighted by molar-refractivity contribution is 7.99. The minimum absolute atomic E-state index is 0.115. The fraction of sp³-hybridized carbons (Fsp3) is 0.562. The van der Waals surface area contributed by atoms with Crippen molar-refractivity contribution in [3.8, 4) is 0 Å².